The molecular weight excluding hydrogens is 404 g/mol. The molecule has 3 rings (SSSR count). The Hall–Kier alpha value is -3.42. The summed E-state index contributed by atoms with van der Waals surface area (Å²) in [6.45, 7) is 1.55. The molecule has 1 aliphatic carbocycles. The maximum absolute atomic E-state index is 13.4. The molecular formula is C22H16F4O4. The largest absolute Gasteiger partial charge is 0.480 e. The molecule has 2 aromatic carbocycles. The number of carboxylic acid groups (broad SMARTS) is 2. The molecule has 0 saturated heterocycles. The molecule has 30 heavy (non-hydrogen) atoms. The molecule has 156 valence electrons. The molecule has 0 bridgehead atoms. The Bertz CT molecular complexity index is 1100. The summed E-state index contributed by atoms with van der Waals surface area (Å²) in [4.78, 5) is 23.7. The molecule has 1 unspecified atom stereocenters. The highest BCUT2D eigenvalue weighted by Gasteiger charge is 2.42. The number of hydrogen-bond donors (Lipinski definition) is 2. The fraction of sp³-hybridized carbons (Fsp3) is 0.182. The lowest BCUT2D eigenvalue weighted by atomic mass is 9.71. The van der Waals surface area contributed by atoms with Gasteiger partial charge in [-0.15, -0.1) is 0 Å². The number of hydrogen-bond acceptors (Lipinski definition) is 2. The van der Waals surface area contributed by atoms with E-state index in [2.05, 4.69) is 0 Å². The van der Waals surface area contributed by atoms with E-state index in [1.165, 1.54) is 36.4 Å². The van der Waals surface area contributed by atoms with E-state index in [1.807, 2.05) is 0 Å². The predicted octanol–water partition coefficient (Wildman–Crippen LogP) is 5.19. The number of benzene rings is 2. The summed E-state index contributed by atoms with van der Waals surface area (Å²) >= 11 is 0. The predicted molar refractivity (Wildman–Crippen MR) is 100 cm³/mol. The maximum Gasteiger partial charge on any atom is 0.417 e. The zero-order valence-corrected chi connectivity index (χ0v) is 15.6. The lowest BCUT2D eigenvalue weighted by molar-refractivity contribution is -0.142. The lowest BCUT2D eigenvalue weighted by Gasteiger charge is -2.31. The summed E-state index contributed by atoms with van der Waals surface area (Å²) in [5, 5.41) is 19.3. The molecule has 4 nitrogen and oxygen atoms in total. The molecule has 1 atom stereocenters. The van der Waals surface area contributed by atoms with Gasteiger partial charge in [0.05, 0.1) is 5.56 Å². The Labute approximate surface area is 168 Å². The van der Waals surface area contributed by atoms with Crippen LogP contribution in [0.1, 0.15) is 24.5 Å². The molecule has 8 heteroatoms. The van der Waals surface area contributed by atoms with Crippen molar-refractivity contribution in [2.75, 3.05) is 0 Å². The van der Waals surface area contributed by atoms with Crippen LogP contribution in [0.3, 0.4) is 0 Å². The van der Waals surface area contributed by atoms with Crippen LogP contribution in [0, 0.1) is 5.82 Å². The van der Waals surface area contributed by atoms with Crippen LogP contribution in [0.2, 0.25) is 0 Å². The van der Waals surface area contributed by atoms with Crippen molar-refractivity contribution < 1.29 is 37.4 Å². The molecule has 0 saturated carbocycles. The minimum atomic E-state index is -4.82. The topological polar surface area (TPSA) is 74.6 Å². The van der Waals surface area contributed by atoms with Crippen LogP contribution < -0.4 is 0 Å². The van der Waals surface area contributed by atoms with Crippen molar-refractivity contribution in [3.8, 4) is 11.1 Å². The SMILES string of the molecule is CC1=CC(C(=O)O)(c2cccc(-c3ccc(F)cc3C(F)(F)F)c2)CC(C(=O)O)=C1. The number of rotatable bonds is 4. The first kappa shape index (κ1) is 21.3. The number of allylic oxidation sites excluding steroid dienone is 2. The summed E-state index contributed by atoms with van der Waals surface area (Å²) in [6, 6.07) is 7.68. The van der Waals surface area contributed by atoms with Gasteiger partial charge in [0.25, 0.3) is 0 Å². The van der Waals surface area contributed by atoms with Crippen molar-refractivity contribution in [1.29, 1.82) is 0 Å². The van der Waals surface area contributed by atoms with E-state index < -0.39 is 34.9 Å². The zero-order chi connectivity index (χ0) is 22.3. The molecule has 1 aliphatic rings. The van der Waals surface area contributed by atoms with Gasteiger partial charge in [-0.2, -0.15) is 13.2 Å². The van der Waals surface area contributed by atoms with Gasteiger partial charge in [-0.3, -0.25) is 4.79 Å². The molecule has 0 amide bonds. The molecule has 0 radical (unpaired) electrons. The van der Waals surface area contributed by atoms with Gasteiger partial charge in [-0.1, -0.05) is 35.9 Å². The summed E-state index contributed by atoms with van der Waals surface area (Å²) in [5.74, 6) is -3.66. The Balaban J connectivity index is 2.20. The van der Waals surface area contributed by atoms with Crippen LogP contribution in [0.4, 0.5) is 17.6 Å². The zero-order valence-electron chi connectivity index (χ0n) is 15.6. The molecule has 0 spiro atoms. The van der Waals surface area contributed by atoms with E-state index in [4.69, 9.17) is 0 Å². The number of halogens is 4. The van der Waals surface area contributed by atoms with Gasteiger partial charge in [0.2, 0.25) is 0 Å². The second kappa shape index (κ2) is 7.44. The van der Waals surface area contributed by atoms with E-state index in [0.29, 0.717) is 11.6 Å². The summed E-state index contributed by atoms with van der Waals surface area (Å²) < 4.78 is 53.7. The Morgan fingerprint density at radius 2 is 1.77 bits per heavy atom. The highest BCUT2D eigenvalue weighted by molar-refractivity contribution is 5.93. The number of aliphatic carboxylic acids is 2. The van der Waals surface area contributed by atoms with Crippen molar-refractivity contribution in [1.82, 2.24) is 0 Å². The van der Waals surface area contributed by atoms with Crippen molar-refractivity contribution in [2.45, 2.75) is 24.9 Å². The smallest absolute Gasteiger partial charge is 0.417 e. The average molecular weight is 420 g/mol. The average Bonchev–Trinajstić information content (AvgIpc) is 2.66. The number of alkyl halides is 3. The first-order chi connectivity index (χ1) is 13.9. The Kier molecular flexibility index (Phi) is 5.28. The van der Waals surface area contributed by atoms with Gasteiger partial charge in [-0.05, 0) is 47.9 Å². The monoisotopic (exact) mass is 420 g/mol. The minimum Gasteiger partial charge on any atom is -0.480 e. The van der Waals surface area contributed by atoms with Crippen LogP contribution in [0.5, 0.6) is 0 Å². The first-order valence-corrected chi connectivity index (χ1v) is 8.78. The maximum atomic E-state index is 13.4. The first-order valence-electron chi connectivity index (χ1n) is 8.78. The van der Waals surface area contributed by atoms with Crippen molar-refractivity contribution in [3.05, 3.63) is 82.7 Å². The fourth-order valence-electron chi connectivity index (χ4n) is 3.66. The van der Waals surface area contributed by atoms with Gasteiger partial charge < -0.3 is 10.2 Å². The molecule has 2 N–H and O–H groups in total. The highest BCUT2D eigenvalue weighted by atomic mass is 19.4. The quantitative estimate of drug-likeness (QED) is 0.668. The lowest BCUT2D eigenvalue weighted by Crippen LogP contribution is -2.37. The van der Waals surface area contributed by atoms with Crippen LogP contribution in [0.15, 0.2) is 65.8 Å². The molecule has 0 aliphatic heterocycles. The Morgan fingerprint density at radius 3 is 2.37 bits per heavy atom. The van der Waals surface area contributed by atoms with E-state index >= 15 is 0 Å². The van der Waals surface area contributed by atoms with Gasteiger partial charge in [0.1, 0.15) is 11.2 Å². The van der Waals surface area contributed by atoms with E-state index in [0.717, 1.165) is 12.1 Å². The van der Waals surface area contributed by atoms with Crippen LogP contribution >= 0.6 is 0 Å². The summed E-state index contributed by atoms with van der Waals surface area (Å²) in [7, 11) is 0. The third-order valence-electron chi connectivity index (χ3n) is 4.98. The van der Waals surface area contributed by atoms with Crippen LogP contribution in [-0.4, -0.2) is 22.2 Å². The van der Waals surface area contributed by atoms with Gasteiger partial charge in [0, 0.05) is 12.0 Å². The van der Waals surface area contributed by atoms with Crippen molar-refractivity contribution >= 4 is 11.9 Å². The summed E-state index contributed by atoms with van der Waals surface area (Å²) in [5.41, 5.74) is -2.82. The van der Waals surface area contributed by atoms with Crippen LogP contribution in [0.25, 0.3) is 11.1 Å². The minimum absolute atomic E-state index is 0.0398. The van der Waals surface area contributed by atoms with Crippen molar-refractivity contribution in [3.63, 3.8) is 0 Å². The normalized spacial score (nSPS) is 19.1. The van der Waals surface area contributed by atoms with Gasteiger partial charge in [0.15, 0.2) is 0 Å². The van der Waals surface area contributed by atoms with E-state index in [9.17, 15) is 37.4 Å². The number of carboxylic acids is 2. The van der Waals surface area contributed by atoms with E-state index in [-0.39, 0.29) is 28.7 Å². The fourth-order valence-corrected chi connectivity index (χ4v) is 3.66. The van der Waals surface area contributed by atoms with Crippen LogP contribution in [-0.2, 0) is 21.2 Å². The highest BCUT2D eigenvalue weighted by Crippen LogP contribution is 2.42. The van der Waals surface area contributed by atoms with Gasteiger partial charge in [-0.25, -0.2) is 9.18 Å². The molecule has 0 aromatic heterocycles. The van der Waals surface area contributed by atoms with Crippen molar-refractivity contribution in [2.24, 2.45) is 0 Å². The molecule has 2 aromatic rings. The molecule has 0 fully saturated rings. The third-order valence-corrected chi connectivity index (χ3v) is 4.98. The van der Waals surface area contributed by atoms with E-state index in [1.54, 1.807) is 6.92 Å². The number of carbonyl (C=O) groups is 2. The standard InChI is InChI=1S/C22H16F4O4/c1-12-7-14(19(27)28)11-21(10-12,20(29)30)15-4-2-3-13(8-15)17-6-5-16(23)9-18(17)22(24,25)26/h2-10H,11H2,1H3,(H,27,28)(H,29,30). The second-order valence-electron chi connectivity index (χ2n) is 7.08. The third kappa shape index (κ3) is 3.85. The summed E-state index contributed by atoms with van der Waals surface area (Å²) in [6.07, 6.45) is -2.45. The second-order valence-corrected chi connectivity index (χ2v) is 7.08. The van der Waals surface area contributed by atoms with Gasteiger partial charge >= 0.3 is 18.1 Å². The Morgan fingerprint density at radius 1 is 1.07 bits per heavy atom. The molecule has 0 heterocycles.